The van der Waals surface area contributed by atoms with Crippen molar-refractivity contribution in [2.45, 2.75) is 62.2 Å². The van der Waals surface area contributed by atoms with Gasteiger partial charge in [-0.2, -0.15) is 0 Å². The highest BCUT2D eigenvalue weighted by Gasteiger charge is 2.32. The van der Waals surface area contributed by atoms with Crippen molar-refractivity contribution in [3.63, 3.8) is 0 Å². The fourth-order valence-corrected chi connectivity index (χ4v) is 6.37. The van der Waals surface area contributed by atoms with E-state index in [0.29, 0.717) is 19.4 Å². The van der Waals surface area contributed by atoms with Crippen LogP contribution in [0.1, 0.15) is 60.3 Å². The van der Waals surface area contributed by atoms with Crippen molar-refractivity contribution in [2.24, 2.45) is 0 Å². The first-order valence-corrected chi connectivity index (χ1v) is 16.3. The molecule has 0 saturated carbocycles. The molecule has 0 radical (unpaired) electrons. The number of carboxylic acids is 1. The van der Waals surface area contributed by atoms with Crippen LogP contribution in [0.3, 0.4) is 0 Å². The van der Waals surface area contributed by atoms with E-state index in [1.165, 1.54) is 0 Å². The number of hydrogen-bond donors (Lipinski definition) is 3. The second-order valence-corrected chi connectivity index (χ2v) is 12.2. The number of aliphatic hydroxyl groups excluding tert-OH is 1. The number of carboxylic acid groups (broad SMARTS) is 1. The largest absolute Gasteiger partial charge is 0.496 e. The Bertz CT molecular complexity index is 1590. The highest BCUT2D eigenvalue weighted by Crippen LogP contribution is 2.40. The fourth-order valence-electron chi connectivity index (χ4n) is 5.33. The molecule has 1 aliphatic heterocycles. The molecule has 240 valence electrons. The SMILES string of the molecule is COc1ccccc1SC[C@@H]1C[C@H](c2ccc(CO)cc2)O[C@H](c2ccc(-c3cccc(CNC(=O)CCCC(=O)O)c3)cc2)O1. The number of aliphatic hydroxyl groups is 1. The summed E-state index contributed by atoms with van der Waals surface area (Å²) in [5.41, 5.74) is 5.81. The van der Waals surface area contributed by atoms with Crippen LogP contribution in [0.4, 0.5) is 0 Å². The Balaban J connectivity index is 1.27. The Kier molecular flexibility index (Phi) is 11.9. The summed E-state index contributed by atoms with van der Waals surface area (Å²) in [5.74, 6) is 0.507. The third kappa shape index (κ3) is 9.20. The number of aliphatic carboxylic acids is 1. The predicted octanol–water partition coefficient (Wildman–Crippen LogP) is 7.06. The van der Waals surface area contributed by atoms with E-state index >= 15 is 0 Å². The van der Waals surface area contributed by atoms with Crippen LogP contribution >= 0.6 is 11.8 Å². The van der Waals surface area contributed by atoms with E-state index in [1.807, 2.05) is 91.0 Å². The molecule has 1 heterocycles. The van der Waals surface area contributed by atoms with Gasteiger partial charge in [-0.05, 0) is 52.4 Å². The lowest BCUT2D eigenvalue weighted by Crippen LogP contribution is -2.31. The molecule has 1 aliphatic rings. The molecule has 1 fully saturated rings. The van der Waals surface area contributed by atoms with Crippen LogP contribution in [0.2, 0.25) is 0 Å². The molecule has 3 N–H and O–H groups in total. The maximum Gasteiger partial charge on any atom is 0.303 e. The topological polar surface area (TPSA) is 114 Å². The summed E-state index contributed by atoms with van der Waals surface area (Å²) in [6.07, 6.45) is 0.372. The summed E-state index contributed by atoms with van der Waals surface area (Å²) in [7, 11) is 1.68. The number of thioether (sulfide) groups is 1. The van der Waals surface area contributed by atoms with E-state index in [2.05, 4.69) is 11.4 Å². The Morgan fingerprint density at radius 1 is 0.870 bits per heavy atom. The molecule has 4 aromatic carbocycles. The second kappa shape index (κ2) is 16.4. The van der Waals surface area contributed by atoms with Crippen molar-refractivity contribution in [2.75, 3.05) is 12.9 Å². The van der Waals surface area contributed by atoms with Crippen LogP contribution in [-0.4, -0.2) is 41.1 Å². The zero-order chi connectivity index (χ0) is 32.3. The molecule has 5 rings (SSSR count). The normalized spacial score (nSPS) is 17.7. The molecule has 3 atom stereocenters. The number of hydrogen-bond acceptors (Lipinski definition) is 7. The Hall–Kier alpha value is -4.15. The average Bonchev–Trinajstić information content (AvgIpc) is 3.10. The molecule has 1 saturated heterocycles. The Labute approximate surface area is 273 Å². The molecule has 0 aromatic heterocycles. The van der Waals surface area contributed by atoms with Crippen LogP contribution in [-0.2, 0) is 32.2 Å². The minimum atomic E-state index is -0.899. The van der Waals surface area contributed by atoms with E-state index in [1.54, 1.807) is 18.9 Å². The Morgan fingerprint density at radius 3 is 2.37 bits per heavy atom. The first kappa shape index (κ1) is 33.2. The van der Waals surface area contributed by atoms with Gasteiger partial charge in [-0.25, -0.2) is 0 Å². The van der Waals surface area contributed by atoms with E-state index < -0.39 is 12.3 Å². The quantitative estimate of drug-likeness (QED) is 0.125. The first-order valence-electron chi connectivity index (χ1n) is 15.4. The number of benzene rings is 4. The van der Waals surface area contributed by atoms with Gasteiger partial charge in [0.15, 0.2) is 6.29 Å². The lowest BCUT2D eigenvalue weighted by Gasteiger charge is -2.36. The van der Waals surface area contributed by atoms with Gasteiger partial charge in [0.25, 0.3) is 0 Å². The van der Waals surface area contributed by atoms with Crippen LogP contribution in [0.25, 0.3) is 11.1 Å². The highest BCUT2D eigenvalue weighted by atomic mass is 32.2. The van der Waals surface area contributed by atoms with E-state index in [0.717, 1.165) is 49.8 Å². The molecular weight excluding hydrogens is 602 g/mol. The maximum atomic E-state index is 12.1. The Morgan fingerprint density at radius 2 is 1.63 bits per heavy atom. The minimum absolute atomic E-state index is 0.00575. The monoisotopic (exact) mass is 641 g/mol. The van der Waals surface area contributed by atoms with Crippen LogP contribution in [0.15, 0.2) is 102 Å². The summed E-state index contributed by atoms with van der Waals surface area (Å²) in [6, 6.07) is 32.0. The van der Waals surface area contributed by atoms with Crippen molar-refractivity contribution >= 4 is 23.6 Å². The number of carbonyl (C=O) groups is 2. The van der Waals surface area contributed by atoms with Crippen molar-refractivity contribution < 1.29 is 34.0 Å². The van der Waals surface area contributed by atoms with Gasteiger partial charge in [-0.3, -0.25) is 9.59 Å². The number of amides is 1. The van der Waals surface area contributed by atoms with E-state index in [-0.39, 0.29) is 37.6 Å². The van der Waals surface area contributed by atoms with Gasteiger partial charge in [-0.1, -0.05) is 78.9 Å². The molecule has 9 heteroatoms. The first-order chi connectivity index (χ1) is 22.4. The standard InChI is InChI=1S/C37H39NO7S/c1-43-32-8-2-3-9-34(32)46-24-31-21-33(28-14-12-25(23-39)13-15-28)45-37(44-31)29-18-16-27(17-19-29)30-7-4-6-26(20-30)22-38-35(40)10-5-11-36(41)42/h2-4,6-9,12-20,31,33,37,39H,5,10-11,21-24H2,1H3,(H,38,40)(H,41,42)/t31-,33+,37+/m0/s1. The molecular formula is C37H39NO7S. The molecule has 0 unspecified atom stereocenters. The third-order valence-corrected chi connectivity index (χ3v) is 9.02. The van der Waals surface area contributed by atoms with Crippen molar-refractivity contribution in [1.29, 1.82) is 0 Å². The van der Waals surface area contributed by atoms with Gasteiger partial charge in [0.2, 0.25) is 5.91 Å². The lowest BCUT2D eigenvalue weighted by molar-refractivity contribution is -0.245. The summed E-state index contributed by atoms with van der Waals surface area (Å²) in [6.45, 7) is 0.366. The molecule has 0 bridgehead atoms. The molecule has 0 aliphatic carbocycles. The van der Waals surface area contributed by atoms with E-state index in [9.17, 15) is 14.7 Å². The highest BCUT2D eigenvalue weighted by molar-refractivity contribution is 7.99. The summed E-state index contributed by atoms with van der Waals surface area (Å²) in [5, 5.41) is 21.2. The van der Waals surface area contributed by atoms with Crippen LogP contribution < -0.4 is 10.1 Å². The molecule has 4 aromatic rings. The smallest absolute Gasteiger partial charge is 0.303 e. The molecule has 46 heavy (non-hydrogen) atoms. The fraction of sp³-hybridized carbons (Fsp3) is 0.297. The summed E-state index contributed by atoms with van der Waals surface area (Å²) >= 11 is 1.70. The number of ether oxygens (including phenoxy) is 3. The molecule has 1 amide bonds. The molecule has 0 spiro atoms. The van der Waals surface area contributed by atoms with Crippen LogP contribution in [0, 0.1) is 0 Å². The van der Waals surface area contributed by atoms with Crippen molar-refractivity contribution in [1.82, 2.24) is 5.32 Å². The zero-order valence-electron chi connectivity index (χ0n) is 25.8. The predicted molar refractivity (Wildman–Crippen MR) is 177 cm³/mol. The van der Waals surface area contributed by atoms with Gasteiger partial charge in [0.1, 0.15) is 5.75 Å². The number of nitrogens with one attached hydrogen (secondary N) is 1. The zero-order valence-corrected chi connectivity index (χ0v) is 26.6. The van der Waals surface area contributed by atoms with Crippen LogP contribution in [0.5, 0.6) is 5.75 Å². The average molecular weight is 642 g/mol. The van der Waals surface area contributed by atoms with Gasteiger partial charge < -0.3 is 29.7 Å². The summed E-state index contributed by atoms with van der Waals surface area (Å²) < 4.78 is 18.6. The van der Waals surface area contributed by atoms with Crippen molar-refractivity contribution in [3.8, 4) is 16.9 Å². The number of para-hydroxylation sites is 1. The maximum absolute atomic E-state index is 12.1. The van der Waals surface area contributed by atoms with Gasteiger partial charge >= 0.3 is 5.97 Å². The number of rotatable bonds is 14. The minimum Gasteiger partial charge on any atom is -0.496 e. The molecule has 8 nitrogen and oxygen atoms in total. The van der Waals surface area contributed by atoms with Crippen molar-refractivity contribution in [3.05, 3.63) is 119 Å². The van der Waals surface area contributed by atoms with Gasteiger partial charge in [-0.15, -0.1) is 11.8 Å². The van der Waals surface area contributed by atoms with E-state index in [4.69, 9.17) is 19.3 Å². The lowest BCUT2D eigenvalue weighted by atomic mass is 9.99. The third-order valence-electron chi connectivity index (χ3n) is 7.84. The number of carbonyl (C=O) groups excluding carboxylic acids is 1. The van der Waals surface area contributed by atoms with Gasteiger partial charge in [0.05, 0.1) is 25.9 Å². The second-order valence-electron chi connectivity index (χ2n) is 11.2. The van der Waals surface area contributed by atoms with Gasteiger partial charge in [0, 0.05) is 42.0 Å². The summed E-state index contributed by atoms with van der Waals surface area (Å²) in [4.78, 5) is 23.9. The number of methoxy groups -OCH3 is 1.